The third kappa shape index (κ3) is 13.0. The van der Waals surface area contributed by atoms with Crippen molar-refractivity contribution >= 4 is 50.5 Å². The molecule has 2 amide bonds. The number of anilines is 1. The zero-order valence-corrected chi connectivity index (χ0v) is 29.8. The smallest absolute Gasteiger partial charge is 0.411 e. The molecule has 3 aromatic rings. The Morgan fingerprint density at radius 2 is 1.72 bits per heavy atom. The van der Waals surface area contributed by atoms with Gasteiger partial charge in [0.25, 0.3) is 5.69 Å². The zero-order valence-electron chi connectivity index (χ0n) is 28.2. The number of primary amides is 1. The monoisotopic (exact) mass is 689 g/mol. The molecule has 1 unspecified atom stereocenters. The summed E-state index contributed by atoms with van der Waals surface area (Å²) >= 11 is 1.66. The number of nitrogens with two attached hydrogens (primary N) is 1. The Bertz CT molecular complexity index is 1590. The van der Waals surface area contributed by atoms with Gasteiger partial charge in [0.15, 0.2) is 0 Å². The van der Waals surface area contributed by atoms with Crippen molar-refractivity contribution < 1.29 is 28.2 Å². The highest BCUT2D eigenvalue weighted by molar-refractivity contribution is 7.98. The number of carbonyl (C=O) groups is 2. The number of non-ortho nitro benzene ring substituents is 1. The molecule has 0 bridgehead atoms. The molecule has 0 spiro atoms. The summed E-state index contributed by atoms with van der Waals surface area (Å²) in [6, 6.07) is 10.4. The van der Waals surface area contributed by atoms with Crippen LogP contribution >= 0.6 is 11.3 Å². The number of aromatic nitrogens is 1. The summed E-state index contributed by atoms with van der Waals surface area (Å²) in [5.74, 6) is 4.72. The first-order valence-corrected chi connectivity index (χ1v) is 18.0. The van der Waals surface area contributed by atoms with E-state index in [0.717, 1.165) is 15.4 Å². The number of hydrogen-bond donors (Lipinski definition) is 3. The highest BCUT2D eigenvalue weighted by Crippen LogP contribution is 2.40. The van der Waals surface area contributed by atoms with Crippen LogP contribution in [0.15, 0.2) is 53.6 Å². The minimum atomic E-state index is -2.86. The molecule has 1 saturated carbocycles. The Morgan fingerprint density at radius 3 is 2.26 bits per heavy atom. The van der Waals surface area contributed by atoms with Crippen molar-refractivity contribution in [3.05, 3.63) is 63.8 Å². The second-order valence-corrected chi connectivity index (χ2v) is 14.9. The molecule has 2 aromatic carbocycles. The molecule has 4 N–H and O–H groups in total. The van der Waals surface area contributed by atoms with Gasteiger partial charge >= 0.3 is 12.2 Å². The predicted octanol–water partition coefficient (Wildman–Crippen LogP) is 8.27. The summed E-state index contributed by atoms with van der Waals surface area (Å²) in [5, 5.41) is 14.1. The fraction of sp³-hybridized carbons (Fsp3) is 0.455. The average Bonchev–Trinajstić information content (AvgIpc) is 3.48. The molecule has 258 valence electrons. The van der Waals surface area contributed by atoms with Crippen LogP contribution in [0.2, 0.25) is 0 Å². The summed E-state index contributed by atoms with van der Waals surface area (Å²) in [4.78, 5) is 38.2. The van der Waals surface area contributed by atoms with Crippen LogP contribution in [0, 0.1) is 10.1 Å². The number of nitro benzene ring substituents is 1. The molecule has 14 heteroatoms. The standard InChI is InChI=1S/C24H35N3O3S2.C7H6N2O4.C2H6/c1-16(2)30-23(28)26-18-12-13-19(21(14-18)32(6,29)27-24(3,4)5)20-15-25-22(31-20)17-10-8-7-9-11-17;8-7(10)13-6-3-1-5(2-4-6)9(11)12;1-2/h12-17H,6-11H2,1-5H3,(H,26,28)(H,27,29);1-4H,(H2,8,10);1-2H3. The Kier molecular flexibility index (Phi) is 14.8. The van der Waals surface area contributed by atoms with Gasteiger partial charge in [-0.15, -0.1) is 11.3 Å². The largest absolute Gasteiger partial charge is 0.447 e. The van der Waals surface area contributed by atoms with E-state index in [1.54, 1.807) is 37.3 Å². The molecule has 4 rings (SSSR count). The van der Waals surface area contributed by atoms with E-state index in [2.05, 4.69) is 20.6 Å². The molecular weight excluding hydrogens is 643 g/mol. The van der Waals surface area contributed by atoms with Crippen molar-refractivity contribution in [2.45, 2.75) is 103 Å². The number of nitrogens with zero attached hydrogens (tertiary/aromatic N) is 2. The SMILES string of the molecule is C=S(=O)(NC(C)(C)C)c1cc(NC(=O)OC(C)C)ccc1-c1cnc(C2CCCCC2)s1.CC.NC(=O)Oc1ccc([N+](=O)[O-])cc1. The Hall–Kier alpha value is -4.01. The van der Waals surface area contributed by atoms with Gasteiger partial charge in [0, 0.05) is 41.0 Å². The van der Waals surface area contributed by atoms with Crippen molar-refractivity contribution in [3.63, 3.8) is 0 Å². The average molecular weight is 690 g/mol. The number of thiazole rings is 1. The maximum absolute atomic E-state index is 13.7. The number of nitro groups is 1. The third-order valence-electron chi connectivity index (χ3n) is 6.41. The van der Waals surface area contributed by atoms with Crippen LogP contribution in [0.3, 0.4) is 0 Å². The number of hydrogen-bond acceptors (Lipinski definition) is 9. The summed E-state index contributed by atoms with van der Waals surface area (Å²) in [7, 11) is -2.86. The summed E-state index contributed by atoms with van der Waals surface area (Å²) in [5.41, 5.74) is 5.58. The first kappa shape index (κ1) is 39.2. The quantitative estimate of drug-likeness (QED) is 0.120. The molecule has 12 nitrogen and oxygen atoms in total. The maximum atomic E-state index is 13.7. The number of carbonyl (C=O) groups excluding carboxylic acids is 2. The van der Waals surface area contributed by atoms with E-state index >= 15 is 0 Å². The van der Waals surface area contributed by atoms with Gasteiger partial charge in [0.2, 0.25) is 0 Å². The van der Waals surface area contributed by atoms with Gasteiger partial charge in [0.05, 0.1) is 35.5 Å². The third-order valence-corrected chi connectivity index (χ3v) is 9.59. The maximum Gasteiger partial charge on any atom is 0.411 e. The molecule has 1 fully saturated rings. The number of ether oxygens (including phenoxy) is 2. The highest BCUT2D eigenvalue weighted by atomic mass is 32.2. The minimum absolute atomic E-state index is 0.0724. The minimum Gasteiger partial charge on any atom is -0.447 e. The molecular formula is C33H47N5O7S2. The molecule has 0 saturated heterocycles. The molecule has 1 heterocycles. The van der Waals surface area contributed by atoms with E-state index in [1.165, 1.54) is 56.4 Å². The van der Waals surface area contributed by atoms with Gasteiger partial charge in [-0.3, -0.25) is 15.4 Å². The number of nitrogens with one attached hydrogen (secondary N) is 2. The van der Waals surface area contributed by atoms with Crippen molar-refractivity contribution in [2.24, 2.45) is 5.73 Å². The summed E-state index contributed by atoms with van der Waals surface area (Å²) < 4.78 is 26.6. The van der Waals surface area contributed by atoms with Gasteiger partial charge < -0.3 is 15.2 Å². The molecule has 47 heavy (non-hydrogen) atoms. The first-order chi connectivity index (χ1) is 22.0. The fourth-order valence-electron chi connectivity index (χ4n) is 4.69. The normalized spacial score (nSPS) is 14.4. The zero-order chi connectivity index (χ0) is 35.4. The van der Waals surface area contributed by atoms with E-state index < -0.39 is 32.4 Å². The van der Waals surface area contributed by atoms with Crippen LogP contribution in [0.1, 0.15) is 91.5 Å². The molecule has 0 aliphatic heterocycles. The topological polar surface area (TPSA) is 176 Å². The first-order valence-electron chi connectivity index (χ1n) is 15.5. The molecule has 1 atom stereocenters. The van der Waals surface area contributed by atoms with Crippen LogP contribution in [0.5, 0.6) is 5.75 Å². The molecule has 1 aliphatic rings. The van der Waals surface area contributed by atoms with Crippen molar-refractivity contribution in [1.29, 1.82) is 0 Å². The van der Waals surface area contributed by atoms with Crippen LogP contribution < -0.4 is 20.5 Å². The van der Waals surface area contributed by atoms with Gasteiger partial charge in [-0.25, -0.2) is 23.5 Å². The highest BCUT2D eigenvalue weighted by Gasteiger charge is 2.24. The van der Waals surface area contributed by atoms with E-state index in [1.807, 2.05) is 46.9 Å². The molecule has 1 aromatic heterocycles. The summed E-state index contributed by atoms with van der Waals surface area (Å²) in [6.45, 7) is 13.4. The Labute approximate surface area is 281 Å². The van der Waals surface area contributed by atoms with Gasteiger partial charge in [-0.1, -0.05) is 39.2 Å². The number of amides is 2. The second-order valence-electron chi connectivity index (χ2n) is 11.9. The van der Waals surface area contributed by atoms with Crippen molar-refractivity contribution in [1.82, 2.24) is 9.71 Å². The Morgan fingerprint density at radius 1 is 1.11 bits per heavy atom. The Balaban J connectivity index is 0.000000427. The van der Waals surface area contributed by atoms with E-state index in [4.69, 9.17) is 15.5 Å². The van der Waals surface area contributed by atoms with Crippen molar-refractivity contribution in [2.75, 3.05) is 5.32 Å². The van der Waals surface area contributed by atoms with Crippen LogP contribution in [0.25, 0.3) is 10.4 Å². The van der Waals surface area contributed by atoms with Crippen molar-refractivity contribution in [3.8, 4) is 16.2 Å². The second kappa shape index (κ2) is 17.8. The van der Waals surface area contributed by atoms with Gasteiger partial charge in [0.1, 0.15) is 5.75 Å². The number of benzene rings is 2. The van der Waals surface area contributed by atoms with Crippen LogP contribution in [-0.4, -0.2) is 43.8 Å². The van der Waals surface area contributed by atoms with Gasteiger partial charge in [-0.2, -0.15) is 0 Å². The van der Waals surface area contributed by atoms with E-state index in [9.17, 15) is 23.9 Å². The molecule has 0 radical (unpaired) electrons. The number of rotatable bonds is 8. The van der Waals surface area contributed by atoms with E-state index in [-0.39, 0.29) is 17.5 Å². The van der Waals surface area contributed by atoms with Gasteiger partial charge in [-0.05, 0) is 77.6 Å². The lowest BCUT2D eigenvalue weighted by molar-refractivity contribution is -0.384. The van der Waals surface area contributed by atoms with E-state index in [0.29, 0.717) is 16.5 Å². The predicted molar refractivity (Wildman–Crippen MR) is 190 cm³/mol. The lowest BCUT2D eigenvalue weighted by Gasteiger charge is -2.25. The summed E-state index contributed by atoms with van der Waals surface area (Å²) in [6.07, 6.45) is 6.30. The fourth-order valence-corrected chi connectivity index (χ4v) is 7.83. The van der Waals surface area contributed by atoms with Crippen LogP contribution in [-0.2, 0) is 14.4 Å². The lowest BCUT2D eigenvalue weighted by atomic mass is 9.90. The molecule has 1 aliphatic carbocycles. The van der Waals surface area contributed by atoms with Crippen LogP contribution in [0.4, 0.5) is 21.0 Å². The lowest BCUT2D eigenvalue weighted by Crippen LogP contribution is -2.40.